The van der Waals surface area contributed by atoms with Crippen molar-refractivity contribution in [3.8, 4) is 11.5 Å². The maximum absolute atomic E-state index is 11.4. The first kappa shape index (κ1) is 16.6. The number of hydrogen-bond acceptors (Lipinski definition) is 7. The van der Waals surface area contributed by atoms with Gasteiger partial charge in [-0.1, -0.05) is 18.1 Å². The fourth-order valence-corrected chi connectivity index (χ4v) is 2.36. The van der Waals surface area contributed by atoms with E-state index in [0.717, 1.165) is 12.0 Å². The van der Waals surface area contributed by atoms with Gasteiger partial charge < -0.3 is 9.84 Å². The number of nitro benzene ring substituents is 1. The quantitative estimate of drug-likeness (QED) is 0.517. The molecule has 1 N–H and O–H groups in total. The van der Waals surface area contributed by atoms with E-state index in [0.29, 0.717) is 30.0 Å². The second-order valence-electron chi connectivity index (χ2n) is 5.47. The summed E-state index contributed by atoms with van der Waals surface area (Å²) in [5.41, 5.74) is 1.83. The highest BCUT2D eigenvalue weighted by atomic mass is 16.6. The summed E-state index contributed by atoms with van der Waals surface area (Å²) in [4.78, 5) is 19.3. The molecule has 2 aromatic heterocycles. The number of aryl methyl sites for hydroxylation is 1. The first-order chi connectivity index (χ1) is 12.2. The van der Waals surface area contributed by atoms with E-state index in [4.69, 9.17) is 4.52 Å². The van der Waals surface area contributed by atoms with Crippen LogP contribution in [0, 0.1) is 10.1 Å². The Morgan fingerprint density at radius 2 is 2.20 bits per heavy atom. The number of pyridine rings is 1. The first-order valence-electron chi connectivity index (χ1n) is 7.91. The van der Waals surface area contributed by atoms with Crippen molar-refractivity contribution in [2.45, 2.75) is 26.3 Å². The Morgan fingerprint density at radius 1 is 1.32 bits per heavy atom. The molecule has 25 heavy (non-hydrogen) atoms. The molecule has 0 aliphatic rings. The maximum atomic E-state index is 11.4. The van der Waals surface area contributed by atoms with Gasteiger partial charge in [0.25, 0.3) is 11.6 Å². The molecule has 0 fully saturated rings. The van der Waals surface area contributed by atoms with Gasteiger partial charge in [-0.05, 0) is 30.2 Å². The van der Waals surface area contributed by atoms with E-state index in [2.05, 4.69) is 20.4 Å². The van der Waals surface area contributed by atoms with Crippen molar-refractivity contribution < 1.29 is 9.45 Å². The molecule has 0 saturated carbocycles. The summed E-state index contributed by atoms with van der Waals surface area (Å²) in [5, 5.41) is 18.4. The number of aromatic nitrogens is 3. The van der Waals surface area contributed by atoms with Crippen molar-refractivity contribution in [2.75, 3.05) is 5.32 Å². The summed E-state index contributed by atoms with van der Waals surface area (Å²) in [6.45, 7) is 2.46. The third-order valence-corrected chi connectivity index (χ3v) is 3.59. The summed E-state index contributed by atoms with van der Waals surface area (Å²) in [6, 6.07) is 8.52. The molecule has 3 rings (SSSR count). The molecule has 0 saturated heterocycles. The summed E-state index contributed by atoms with van der Waals surface area (Å²) in [6.07, 6.45) is 4.99. The zero-order valence-electron chi connectivity index (χ0n) is 13.7. The van der Waals surface area contributed by atoms with Gasteiger partial charge in [0.15, 0.2) is 5.82 Å². The molecule has 8 heteroatoms. The number of nitrogens with one attached hydrogen (secondary N) is 1. The van der Waals surface area contributed by atoms with Crippen molar-refractivity contribution >= 4 is 11.4 Å². The van der Waals surface area contributed by atoms with Crippen LogP contribution in [0.15, 0.2) is 47.2 Å². The van der Waals surface area contributed by atoms with Crippen LogP contribution in [0.4, 0.5) is 11.4 Å². The SMILES string of the molecule is CCCc1noc(-c2ccc(NCc3cccnc3)c([N+](=O)[O-])c2)n1. The Bertz CT molecular complexity index is 864. The van der Waals surface area contributed by atoms with Crippen molar-refractivity contribution in [3.63, 3.8) is 0 Å². The van der Waals surface area contributed by atoms with Crippen LogP contribution in [-0.2, 0) is 13.0 Å². The fourth-order valence-electron chi connectivity index (χ4n) is 2.36. The molecule has 0 aliphatic heterocycles. The summed E-state index contributed by atoms with van der Waals surface area (Å²) < 4.78 is 5.19. The summed E-state index contributed by atoms with van der Waals surface area (Å²) in [7, 11) is 0. The Morgan fingerprint density at radius 3 is 2.92 bits per heavy atom. The molecular weight excluding hydrogens is 322 g/mol. The lowest BCUT2D eigenvalue weighted by Crippen LogP contribution is -2.03. The van der Waals surface area contributed by atoms with Gasteiger partial charge in [-0.15, -0.1) is 0 Å². The maximum Gasteiger partial charge on any atom is 0.293 e. The second kappa shape index (κ2) is 7.52. The standard InChI is InChI=1S/C17H17N5O3/c1-2-4-16-20-17(25-21-16)13-6-7-14(15(9-13)22(23)24)19-11-12-5-3-8-18-10-12/h3,5-10,19H,2,4,11H2,1H3. The number of anilines is 1. The van der Waals surface area contributed by atoms with Gasteiger partial charge in [-0.2, -0.15) is 4.98 Å². The zero-order valence-corrected chi connectivity index (χ0v) is 13.7. The monoisotopic (exact) mass is 339 g/mol. The predicted octanol–water partition coefficient (Wildman–Crippen LogP) is 3.60. The second-order valence-corrected chi connectivity index (χ2v) is 5.47. The first-order valence-corrected chi connectivity index (χ1v) is 7.91. The molecule has 0 spiro atoms. The van der Waals surface area contributed by atoms with Crippen molar-refractivity contribution in [1.29, 1.82) is 0 Å². The topological polar surface area (TPSA) is 107 Å². The highest BCUT2D eigenvalue weighted by molar-refractivity contribution is 5.69. The minimum atomic E-state index is -0.432. The van der Waals surface area contributed by atoms with Crippen LogP contribution in [0.5, 0.6) is 0 Å². The minimum Gasteiger partial charge on any atom is -0.375 e. The van der Waals surface area contributed by atoms with Crippen LogP contribution in [-0.4, -0.2) is 20.0 Å². The van der Waals surface area contributed by atoms with E-state index in [1.165, 1.54) is 6.07 Å². The molecule has 0 radical (unpaired) electrons. The minimum absolute atomic E-state index is 0.0448. The van der Waals surface area contributed by atoms with Crippen LogP contribution < -0.4 is 5.32 Å². The van der Waals surface area contributed by atoms with E-state index in [-0.39, 0.29) is 11.6 Å². The highest BCUT2D eigenvalue weighted by Crippen LogP contribution is 2.30. The molecule has 0 amide bonds. The van der Waals surface area contributed by atoms with E-state index >= 15 is 0 Å². The van der Waals surface area contributed by atoms with Gasteiger partial charge in [0, 0.05) is 37.0 Å². The number of rotatable bonds is 7. The molecule has 3 aromatic rings. The molecule has 0 atom stereocenters. The average Bonchev–Trinajstić information content (AvgIpc) is 3.09. The van der Waals surface area contributed by atoms with E-state index in [1.54, 1.807) is 24.5 Å². The van der Waals surface area contributed by atoms with Gasteiger partial charge in [0.05, 0.1) is 4.92 Å². The number of nitrogens with zero attached hydrogens (tertiary/aromatic N) is 4. The molecule has 128 valence electrons. The molecule has 0 unspecified atom stereocenters. The Balaban J connectivity index is 1.83. The largest absolute Gasteiger partial charge is 0.375 e. The van der Waals surface area contributed by atoms with Crippen LogP contribution in [0.25, 0.3) is 11.5 Å². The Hall–Kier alpha value is -3.29. The van der Waals surface area contributed by atoms with Gasteiger partial charge in [0.2, 0.25) is 0 Å². The smallest absolute Gasteiger partial charge is 0.293 e. The third-order valence-electron chi connectivity index (χ3n) is 3.59. The van der Waals surface area contributed by atoms with Crippen molar-refractivity contribution in [2.24, 2.45) is 0 Å². The lowest BCUT2D eigenvalue weighted by molar-refractivity contribution is -0.383. The summed E-state index contributed by atoms with van der Waals surface area (Å²) in [5.74, 6) is 0.879. The van der Waals surface area contributed by atoms with E-state index < -0.39 is 4.92 Å². The Labute approximate surface area is 144 Å². The van der Waals surface area contributed by atoms with Gasteiger partial charge in [0.1, 0.15) is 5.69 Å². The predicted molar refractivity (Wildman–Crippen MR) is 91.9 cm³/mol. The number of benzene rings is 1. The number of nitro groups is 1. The molecule has 2 heterocycles. The van der Waals surface area contributed by atoms with Crippen LogP contribution in [0.3, 0.4) is 0 Å². The third kappa shape index (κ3) is 3.97. The van der Waals surface area contributed by atoms with E-state index in [1.807, 2.05) is 19.1 Å². The van der Waals surface area contributed by atoms with Crippen molar-refractivity contribution in [1.82, 2.24) is 15.1 Å². The molecule has 1 aromatic carbocycles. The number of hydrogen-bond donors (Lipinski definition) is 1. The molecular formula is C17H17N5O3. The molecule has 0 aliphatic carbocycles. The average molecular weight is 339 g/mol. The van der Waals surface area contributed by atoms with Gasteiger partial charge in [-0.3, -0.25) is 15.1 Å². The van der Waals surface area contributed by atoms with Gasteiger partial charge in [-0.25, -0.2) is 0 Å². The molecule has 8 nitrogen and oxygen atoms in total. The lowest BCUT2D eigenvalue weighted by Gasteiger charge is -2.07. The molecule has 0 bridgehead atoms. The zero-order chi connectivity index (χ0) is 17.6. The van der Waals surface area contributed by atoms with E-state index in [9.17, 15) is 10.1 Å². The van der Waals surface area contributed by atoms with Crippen LogP contribution in [0.1, 0.15) is 24.7 Å². The van der Waals surface area contributed by atoms with Crippen LogP contribution in [0.2, 0.25) is 0 Å². The van der Waals surface area contributed by atoms with Crippen molar-refractivity contribution in [3.05, 3.63) is 64.2 Å². The Kier molecular flexibility index (Phi) is 4.98. The highest BCUT2D eigenvalue weighted by Gasteiger charge is 2.18. The lowest BCUT2D eigenvalue weighted by atomic mass is 10.1. The normalized spacial score (nSPS) is 10.6. The van der Waals surface area contributed by atoms with Crippen LogP contribution >= 0.6 is 0 Å². The van der Waals surface area contributed by atoms with Gasteiger partial charge >= 0.3 is 0 Å². The fraction of sp³-hybridized carbons (Fsp3) is 0.235. The summed E-state index contributed by atoms with van der Waals surface area (Å²) >= 11 is 0.